The van der Waals surface area contributed by atoms with Crippen molar-refractivity contribution in [1.82, 2.24) is 4.57 Å². The zero-order valence-electron chi connectivity index (χ0n) is 10.4. The first-order valence-electron chi connectivity index (χ1n) is 5.97. The van der Waals surface area contributed by atoms with Crippen molar-refractivity contribution in [2.24, 2.45) is 0 Å². The second-order valence-electron chi connectivity index (χ2n) is 4.48. The van der Waals surface area contributed by atoms with Crippen LogP contribution in [0, 0.1) is 6.92 Å². The molecule has 3 aromatic rings. The first kappa shape index (κ1) is 12.5. The molecule has 0 unspecified atom stereocenters. The summed E-state index contributed by atoms with van der Waals surface area (Å²) in [6.45, 7) is 2.36. The largest absolute Gasteiger partial charge is 0.340 e. The lowest BCUT2D eigenvalue weighted by Crippen LogP contribution is -2.07. The zero-order valence-corrected chi connectivity index (χ0v) is 12.0. The molecular weight excluding hydrogens is 278 g/mol. The number of rotatable bonds is 3. The minimum Gasteiger partial charge on any atom is -0.340 e. The van der Waals surface area contributed by atoms with Gasteiger partial charge in [0, 0.05) is 21.6 Å². The Hall–Kier alpha value is -1.58. The fourth-order valence-corrected chi connectivity index (χ4v) is 3.08. The van der Waals surface area contributed by atoms with E-state index < -0.39 is 0 Å². The van der Waals surface area contributed by atoms with Crippen molar-refractivity contribution >= 4 is 39.6 Å². The molecule has 0 fully saturated rings. The predicted octanol–water partition coefficient (Wildman–Crippen LogP) is 4.55. The normalized spacial score (nSPS) is 11.1. The van der Waals surface area contributed by atoms with Gasteiger partial charge in [-0.05, 0) is 42.6 Å². The minimum absolute atomic E-state index is 0.135. The third-order valence-electron chi connectivity index (χ3n) is 3.07. The molecule has 0 aliphatic heterocycles. The maximum atomic E-state index is 12.2. The van der Waals surface area contributed by atoms with E-state index in [9.17, 15) is 4.79 Å². The number of nitrogens with zero attached hydrogens (tertiary/aromatic N) is 1. The average molecular weight is 290 g/mol. The molecule has 2 heterocycles. The fraction of sp³-hybridized carbons (Fsp3) is 0.133. The summed E-state index contributed by atoms with van der Waals surface area (Å²) in [7, 11) is 0. The zero-order chi connectivity index (χ0) is 13.4. The number of hydrogen-bond acceptors (Lipinski definition) is 2. The molecule has 19 heavy (non-hydrogen) atoms. The van der Waals surface area contributed by atoms with Crippen LogP contribution in [0.25, 0.3) is 10.9 Å². The molecule has 4 heteroatoms. The van der Waals surface area contributed by atoms with Gasteiger partial charge in [0.15, 0.2) is 5.78 Å². The van der Waals surface area contributed by atoms with E-state index in [0.29, 0.717) is 11.6 Å². The number of thiophene rings is 1. The SMILES string of the molecule is Cc1ccc(C(=O)Cn2ccc3ccc(Cl)cc32)s1. The van der Waals surface area contributed by atoms with E-state index in [-0.39, 0.29) is 5.78 Å². The molecule has 2 nitrogen and oxygen atoms in total. The van der Waals surface area contributed by atoms with Gasteiger partial charge in [-0.25, -0.2) is 0 Å². The first-order chi connectivity index (χ1) is 9.13. The quantitative estimate of drug-likeness (QED) is 0.649. The lowest BCUT2D eigenvalue weighted by molar-refractivity contribution is 0.0977. The van der Waals surface area contributed by atoms with Gasteiger partial charge in [0.1, 0.15) is 0 Å². The lowest BCUT2D eigenvalue weighted by atomic mass is 10.2. The van der Waals surface area contributed by atoms with E-state index in [2.05, 4.69) is 0 Å². The topological polar surface area (TPSA) is 22.0 Å². The number of hydrogen-bond donors (Lipinski definition) is 0. The predicted molar refractivity (Wildman–Crippen MR) is 80.3 cm³/mol. The van der Waals surface area contributed by atoms with Gasteiger partial charge in [-0.1, -0.05) is 17.7 Å². The number of aryl methyl sites for hydroxylation is 1. The van der Waals surface area contributed by atoms with Crippen LogP contribution in [0.4, 0.5) is 0 Å². The summed E-state index contributed by atoms with van der Waals surface area (Å²) in [4.78, 5) is 14.2. The summed E-state index contributed by atoms with van der Waals surface area (Å²) in [6, 6.07) is 11.6. The Bertz CT molecular complexity index is 756. The molecule has 0 saturated carbocycles. The van der Waals surface area contributed by atoms with E-state index in [1.807, 2.05) is 54.1 Å². The van der Waals surface area contributed by atoms with Gasteiger partial charge in [0.25, 0.3) is 0 Å². The second-order valence-corrected chi connectivity index (χ2v) is 6.20. The van der Waals surface area contributed by atoms with Crippen molar-refractivity contribution in [2.75, 3.05) is 0 Å². The third-order valence-corrected chi connectivity index (χ3v) is 4.34. The first-order valence-corrected chi connectivity index (χ1v) is 7.17. The summed E-state index contributed by atoms with van der Waals surface area (Å²) in [5.41, 5.74) is 0.995. The highest BCUT2D eigenvalue weighted by Gasteiger charge is 2.10. The standard InChI is InChI=1S/C15H12ClNOS/c1-10-2-5-15(19-10)14(18)9-17-7-6-11-3-4-12(16)8-13(11)17/h2-8H,9H2,1H3. The summed E-state index contributed by atoms with van der Waals surface area (Å²) < 4.78 is 1.94. The van der Waals surface area contributed by atoms with Gasteiger partial charge in [-0.15, -0.1) is 11.3 Å². The molecule has 2 aromatic heterocycles. The number of aromatic nitrogens is 1. The van der Waals surface area contributed by atoms with Crippen molar-refractivity contribution in [3.63, 3.8) is 0 Å². The maximum absolute atomic E-state index is 12.2. The third kappa shape index (κ3) is 2.44. The van der Waals surface area contributed by atoms with Gasteiger partial charge in [-0.2, -0.15) is 0 Å². The molecule has 1 aromatic carbocycles. The Morgan fingerprint density at radius 1 is 1.26 bits per heavy atom. The molecular formula is C15H12ClNOS. The summed E-state index contributed by atoms with van der Waals surface area (Å²) in [6.07, 6.45) is 1.93. The van der Waals surface area contributed by atoms with Crippen LogP contribution in [0.1, 0.15) is 14.5 Å². The molecule has 0 aliphatic rings. The molecule has 0 radical (unpaired) electrons. The molecule has 0 atom stereocenters. The number of halogens is 1. The van der Waals surface area contributed by atoms with Crippen LogP contribution in [-0.2, 0) is 6.54 Å². The van der Waals surface area contributed by atoms with Gasteiger partial charge in [-0.3, -0.25) is 4.79 Å². The molecule has 0 N–H and O–H groups in total. The Morgan fingerprint density at radius 2 is 2.11 bits per heavy atom. The number of ketones is 1. The average Bonchev–Trinajstić information content (AvgIpc) is 2.97. The Kier molecular flexibility index (Phi) is 3.17. The van der Waals surface area contributed by atoms with Gasteiger partial charge in [0.2, 0.25) is 0 Å². The van der Waals surface area contributed by atoms with E-state index in [1.54, 1.807) is 0 Å². The van der Waals surface area contributed by atoms with Crippen LogP contribution < -0.4 is 0 Å². The van der Waals surface area contributed by atoms with Crippen LogP contribution in [0.3, 0.4) is 0 Å². The highest BCUT2D eigenvalue weighted by molar-refractivity contribution is 7.14. The van der Waals surface area contributed by atoms with E-state index in [0.717, 1.165) is 20.7 Å². The van der Waals surface area contributed by atoms with Crippen molar-refractivity contribution < 1.29 is 4.79 Å². The molecule has 0 amide bonds. The molecule has 0 saturated heterocycles. The monoisotopic (exact) mass is 289 g/mol. The summed E-state index contributed by atoms with van der Waals surface area (Å²) >= 11 is 7.55. The van der Waals surface area contributed by atoms with Crippen molar-refractivity contribution in [3.05, 3.63) is 57.4 Å². The van der Waals surface area contributed by atoms with Gasteiger partial charge < -0.3 is 4.57 Å². The number of fused-ring (bicyclic) bond motifs is 1. The second kappa shape index (κ2) is 4.83. The van der Waals surface area contributed by atoms with Gasteiger partial charge in [0.05, 0.1) is 11.4 Å². The minimum atomic E-state index is 0.135. The molecule has 3 rings (SSSR count). The van der Waals surface area contributed by atoms with E-state index in [4.69, 9.17) is 11.6 Å². The van der Waals surface area contributed by atoms with Crippen molar-refractivity contribution in [2.45, 2.75) is 13.5 Å². The highest BCUT2D eigenvalue weighted by Crippen LogP contribution is 2.22. The van der Waals surface area contributed by atoms with Crippen LogP contribution in [0.5, 0.6) is 0 Å². The molecule has 0 aliphatic carbocycles. The maximum Gasteiger partial charge on any atom is 0.192 e. The van der Waals surface area contributed by atoms with E-state index in [1.165, 1.54) is 11.3 Å². The van der Waals surface area contributed by atoms with Gasteiger partial charge >= 0.3 is 0 Å². The summed E-state index contributed by atoms with van der Waals surface area (Å²) in [5, 5.41) is 1.78. The van der Waals surface area contributed by atoms with Crippen LogP contribution in [0.2, 0.25) is 5.02 Å². The molecule has 0 bridgehead atoms. The van der Waals surface area contributed by atoms with E-state index >= 15 is 0 Å². The Balaban J connectivity index is 1.93. The number of Topliss-reactive ketones (excluding diaryl/α,β-unsaturated/α-hetero) is 1. The highest BCUT2D eigenvalue weighted by atomic mass is 35.5. The van der Waals surface area contributed by atoms with Crippen LogP contribution in [0.15, 0.2) is 42.6 Å². The molecule has 0 spiro atoms. The van der Waals surface area contributed by atoms with Crippen LogP contribution in [-0.4, -0.2) is 10.4 Å². The fourth-order valence-electron chi connectivity index (χ4n) is 2.11. The van der Waals surface area contributed by atoms with Crippen LogP contribution >= 0.6 is 22.9 Å². The smallest absolute Gasteiger partial charge is 0.192 e. The Labute approximate surface area is 120 Å². The lowest BCUT2D eigenvalue weighted by Gasteiger charge is -2.03. The molecule has 96 valence electrons. The van der Waals surface area contributed by atoms with Crippen molar-refractivity contribution in [1.29, 1.82) is 0 Å². The number of carbonyl (C=O) groups is 1. The Morgan fingerprint density at radius 3 is 2.84 bits per heavy atom. The number of benzene rings is 1. The number of carbonyl (C=O) groups excluding carboxylic acids is 1. The summed E-state index contributed by atoms with van der Waals surface area (Å²) in [5.74, 6) is 0.135. The van der Waals surface area contributed by atoms with Crippen molar-refractivity contribution in [3.8, 4) is 0 Å².